The number of carboxylic acid groups (broad SMARTS) is 1. The van der Waals surface area contributed by atoms with Crippen LogP contribution in [-0.2, 0) is 6.18 Å². The largest absolute Gasteiger partial charge is 0.478 e. The summed E-state index contributed by atoms with van der Waals surface area (Å²) in [4.78, 5) is 12.7. The summed E-state index contributed by atoms with van der Waals surface area (Å²) in [6.45, 7) is 7.68. The number of hydrogen-bond donors (Lipinski definition) is 1. The third kappa shape index (κ3) is 3.63. The van der Waals surface area contributed by atoms with E-state index in [2.05, 4.69) is 13.2 Å². The van der Waals surface area contributed by atoms with Crippen molar-refractivity contribution in [3.63, 3.8) is 0 Å². The molecule has 6 heteroatoms. The number of nitrogens with zero attached hydrogens (tertiary/aromatic N) is 1. The van der Waals surface area contributed by atoms with Crippen molar-refractivity contribution in [3.8, 4) is 0 Å². The Morgan fingerprint density at radius 1 is 1.25 bits per heavy atom. The highest BCUT2D eigenvalue weighted by Crippen LogP contribution is 2.33. The van der Waals surface area contributed by atoms with Crippen LogP contribution in [0.2, 0.25) is 0 Å². The lowest BCUT2D eigenvalue weighted by Gasteiger charge is -2.24. The second kappa shape index (κ2) is 6.27. The van der Waals surface area contributed by atoms with Crippen LogP contribution in [0.25, 0.3) is 0 Å². The van der Waals surface area contributed by atoms with E-state index in [0.29, 0.717) is 19.2 Å². The predicted octanol–water partition coefficient (Wildman–Crippen LogP) is 3.58. The van der Waals surface area contributed by atoms with Crippen molar-refractivity contribution in [2.75, 3.05) is 18.0 Å². The van der Waals surface area contributed by atoms with Crippen molar-refractivity contribution in [2.45, 2.75) is 6.18 Å². The fraction of sp³-hybridized carbons (Fsp3) is 0.214. The second-order valence-electron chi connectivity index (χ2n) is 4.02. The highest BCUT2D eigenvalue weighted by atomic mass is 19.4. The Balaban J connectivity index is 3.34. The Morgan fingerprint density at radius 3 is 2.20 bits per heavy atom. The van der Waals surface area contributed by atoms with Crippen LogP contribution in [0.15, 0.2) is 43.5 Å². The number of halogens is 3. The van der Waals surface area contributed by atoms with Gasteiger partial charge in [-0.05, 0) is 18.2 Å². The van der Waals surface area contributed by atoms with Crippen molar-refractivity contribution in [1.29, 1.82) is 0 Å². The number of carboxylic acids is 1. The van der Waals surface area contributed by atoms with Crippen molar-refractivity contribution in [1.82, 2.24) is 0 Å². The summed E-state index contributed by atoms with van der Waals surface area (Å²) < 4.78 is 37.9. The van der Waals surface area contributed by atoms with Crippen LogP contribution in [-0.4, -0.2) is 24.2 Å². The van der Waals surface area contributed by atoms with Gasteiger partial charge in [-0.2, -0.15) is 13.2 Å². The number of carbonyl (C=O) groups is 1. The smallest absolute Gasteiger partial charge is 0.416 e. The molecular formula is C14H14F3NO2. The Labute approximate surface area is 114 Å². The topological polar surface area (TPSA) is 40.5 Å². The fourth-order valence-electron chi connectivity index (χ4n) is 1.74. The van der Waals surface area contributed by atoms with E-state index in [1.807, 2.05) is 0 Å². The molecule has 0 aliphatic heterocycles. The summed E-state index contributed by atoms with van der Waals surface area (Å²) in [7, 11) is 0. The molecule has 0 atom stereocenters. The molecule has 0 fully saturated rings. The van der Waals surface area contributed by atoms with E-state index in [1.165, 1.54) is 12.2 Å². The molecule has 0 spiro atoms. The number of hydrogen-bond acceptors (Lipinski definition) is 2. The van der Waals surface area contributed by atoms with Gasteiger partial charge in [-0.15, -0.1) is 13.2 Å². The van der Waals surface area contributed by atoms with Crippen molar-refractivity contribution in [3.05, 3.63) is 54.6 Å². The normalized spacial score (nSPS) is 10.9. The minimum Gasteiger partial charge on any atom is -0.478 e. The molecule has 1 aromatic rings. The van der Waals surface area contributed by atoms with Gasteiger partial charge in [-0.3, -0.25) is 0 Å². The van der Waals surface area contributed by atoms with Crippen LogP contribution in [0.4, 0.5) is 18.9 Å². The zero-order valence-electron chi connectivity index (χ0n) is 10.7. The van der Waals surface area contributed by atoms with E-state index in [0.717, 1.165) is 12.1 Å². The molecule has 0 saturated heterocycles. The Morgan fingerprint density at radius 2 is 1.80 bits per heavy atom. The zero-order valence-corrected chi connectivity index (χ0v) is 10.7. The molecule has 0 radical (unpaired) electrons. The van der Waals surface area contributed by atoms with Crippen LogP contribution < -0.4 is 4.90 Å². The molecule has 108 valence electrons. The third-order valence-electron chi connectivity index (χ3n) is 2.59. The van der Waals surface area contributed by atoms with Crippen molar-refractivity contribution >= 4 is 11.7 Å². The first-order valence-corrected chi connectivity index (χ1v) is 5.72. The molecule has 0 aromatic heterocycles. The van der Waals surface area contributed by atoms with Gasteiger partial charge in [0.2, 0.25) is 0 Å². The summed E-state index contributed by atoms with van der Waals surface area (Å²) in [6, 6.07) is 2.65. The molecule has 0 amide bonds. The number of rotatable bonds is 6. The minimum atomic E-state index is -4.58. The maximum absolute atomic E-state index is 12.6. The lowest BCUT2D eigenvalue weighted by molar-refractivity contribution is -0.137. The van der Waals surface area contributed by atoms with Gasteiger partial charge < -0.3 is 10.0 Å². The Bertz CT molecular complexity index is 514. The molecule has 0 saturated carbocycles. The summed E-state index contributed by atoms with van der Waals surface area (Å²) in [5, 5.41) is 9.10. The lowest BCUT2D eigenvalue weighted by atomic mass is 10.1. The SMILES string of the molecule is C=CCN(CC=C)c1ccc(C(F)(F)F)cc1C(=O)O. The average molecular weight is 285 g/mol. The van der Waals surface area contributed by atoms with E-state index in [1.54, 1.807) is 4.90 Å². The number of anilines is 1. The molecule has 1 rings (SSSR count). The minimum absolute atomic E-state index is 0.199. The quantitative estimate of drug-likeness (QED) is 0.812. The van der Waals surface area contributed by atoms with E-state index >= 15 is 0 Å². The van der Waals surface area contributed by atoms with Gasteiger partial charge in [0.15, 0.2) is 0 Å². The van der Waals surface area contributed by atoms with Crippen LogP contribution in [0, 0.1) is 0 Å². The van der Waals surface area contributed by atoms with Crippen LogP contribution in [0.5, 0.6) is 0 Å². The zero-order chi connectivity index (χ0) is 15.3. The molecule has 1 N–H and O–H groups in total. The van der Waals surface area contributed by atoms with Gasteiger partial charge >= 0.3 is 12.1 Å². The molecule has 0 heterocycles. The first-order valence-electron chi connectivity index (χ1n) is 5.72. The van der Waals surface area contributed by atoms with Gasteiger partial charge in [0, 0.05) is 13.1 Å². The lowest BCUT2D eigenvalue weighted by Crippen LogP contribution is -2.25. The van der Waals surface area contributed by atoms with Crippen LogP contribution in [0.3, 0.4) is 0 Å². The molecule has 0 bridgehead atoms. The highest BCUT2D eigenvalue weighted by molar-refractivity contribution is 5.94. The number of aromatic carboxylic acids is 1. The van der Waals surface area contributed by atoms with E-state index in [4.69, 9.17) is 5.11 Å². The Hall–Kier alpha value is -2.24. The number of benzene rings is 1. The molecule has 0 aliphatic rings. The number of alkyl halides is 3. The third-order valence-corrected chi connectivity index (χ3v) is 2.59. The van der Waals surface area contributed by atoms with Crippen molar-refractivity contribution < 1.29 is 23.1 Å². The Kier molecular flexibility index (Phi) is 4.96. The maximum atomic E-state index is 12.6. The summed E-state index contributed by atoms with van der Waals surface area (Å²) in [5.74, 6) is -1.41. The van der Waals surface area contributed by atoms with Crippen LogP contribution in [0.1, 0.15) is 15.9 Å². The average Bonchev–Trinajstić information content (AvgIpc) is 2.36. The molecule has 3 nitrogen and oxygen atoms in total. The molecule has 20 heavy (non-hydrogen) atoms. The van der Waals surface area contributed by atoms with Gasteiger partial charge in [-0.25, -0.2) is 4.79 Å². The van der Waals surface area contributed by atoms with Gasteiger partial charge in [0.1, 0.15) is 0 Å². The van der Waals surface area contributed by atoms with E-state index in [-0.39, 0.29) is 5.69 Å². The predicted molar refractivity (Wildman–Crippen MR) is 71.0 cm³/mol. The first-order chi connectivity index (χ1) is 9.31. The van der Waals surface area contributed by atoms with E-state index < -0.39 is 23.3 Å². The summed E-state index contributed by atoms with van der Waals surface area (Å²) in [6.07, 6.45) is -1.51. The molecule has 0 unspecified atom stereocenters. The van der Waals surface area contributed by atoms with Crippen LogP contribution >= 0.6 is 0 Å². The van der Waals surface area contributed by atoms with Gasteiger partial charge in [0.05, 0.1) is 16.8 Å². The van der Waals surface area contributed by atoms with Gasteiger partial charge in [0.25, 0.3) is 0 Å². The standard InChI is InChI=1S/C14H14F3NO2/c1-3-7-18(8-4-2)12-6-5-10(14(15,16)17)9-11(12)13(19)20/h3-6,9H,1-2,7-8H2,(H,19,20). The van der Waals surface area contributed by atoms with E-state index in [9.17, 15) is 18.0 Å². The first kappa shape index (κ1) is 15.8. The molecule has 1 aromatic carbocycles. The monoisotopic (exact) mass is 285 g/mol. The summed E-state index contributed by atoms with van der Waals surface area (Å²) >= 11 is 0. The summed E-state index contributed by atoms with van der Waals surface area (Å²) in [5.41, 5.74) is -1.19. The maximum Gasteiger partial charge on any atom is 0.416 e. The van der Waals surface area contributed by atoms with Gasteiger partial charge in [-0.1, -0.05) is 12.2 Å². The fourth-order valence-corrected chi connectivity index (χ4v) is 1.74. The van der Waals surface area contributed by atoms with Crippen molar-refractivity contribution in [2.24, 2.45) is 0 Å². The second-order valence-corrected chi connectivity index (χ2v) is 4.02. The highest BCUT2D eigenvalue weighted by Gasteiger charge is 2.32. The molecular weight excluding hydrogens is 271 g/mol. The molecule has 0 aliphatic carbocycles.